The lowest BCUT2D eigenvalue weighted by molar-refractivity contribution is 0.0214. The predicted molar refractivity (Wildman–Crippen MR) is 75.5 cm³/mol. The van der Waals surface area contributed by atoms with Gasteiger partial charge in [0.2, 0.25) is 0 Å². The van der Waals surface area contributed by atoms with E-state index in [0.717, 1.165) is 19.1 Å². The molecule has 2 fully saturated rings. The summed E-state index contributed by atoms with van der Waals surface area (Å²) in [6.45, 7) is 7.42. The third-order valence-corrected chi connectivity index (χ3v) is 3.79. The van der Waals surface area contributed by atoms with Gasteiger partial charge in [-0.25, -0.2) is 0 Å². The second kappa shape index (κ2) is 9.10. The molecule has 4 nitrogen and oxygen atoms in total. The monoisotopic (exact) mass is 278 g/mol. The Labute approximate surface area is 117 Å². The minimum atomic E-state index is 0. The normalized spacial score (nSPS) is 29.2. The molecule has 0 saturated carbocycles. The van der Waals surface area contributed by atoms with Crippen molar-refractivity contribution in [3.8, 4) is 0 Å². The van der Waals surface area contributed by atoms with Crippen LogP contribution < -0.4 is 5.32 Å². The Morgan fingerprint density at radius 2 is 2.17 bits per heavy atom. The lowest BCUT2D eigenvalue weighted by Crippen LogP contribution is -2.37. The van der Waals surface area contributed by atoms with Gasteiger partial charge >= 0.3 is 0 Å². The maximum atomic E-state index is 5.78. The van der Waals surface area contributed by atoms with Crippen LogP contribution in [0.15, 0.2) is 0 Å². The minimum Gasteiger partial charge on any atom is -0.382 e. The number of piperidine rings is 1. The Kier molecular flexibility index (Phi) is 8.18. The van der Waals surface area contributed by atoms with Crippen molar-refractivity contribution in [1.82, 2.24) is 10.2 Å². The van der Waals surface area contributed by atoms with Gasteiger partial charge in [-0.15, -0.1) is 12.4 Å². The van der Waals surface area contributed by atoms with Gasteiger partial charge in [-0.3, -0.25) is 0 Å². The van der Waals surface area contributed by atoms with E-state index in [1.165, 1.54) is 45.4 Å². The molecule has 2 atom stereocenters. The van der Waals surface area contributed by atoms with Crippen molar-refractivity contribution in [2.24, 2.45) is 5.92 Å². The highest BCUT2D eigenvalue weighted by Crippen LogP contribution is 2.17. The van der Waals surface area contributed by atoms with Crippen molar-refractivity contribution in [3.63, 3.8) is 0 Å². The SMILES string of the molecule is COCCOC1CCN(CC2CCCNC2)C1.Cl. The van der Waals surface area contributed by atoms with Crippen molar-refractivity contribution in [1.29, 1.82) is 0 Å². The summed E-state index contributed by atoms with van der Waals surface area (Å²) in [5.74, 6) is 0.849. The molecule has 2 rings (SSSR count). The van der Waals surface area contributed by atoms with Crippen LogP contribution >= 0.6 is 12.4 Å². The molecule has 2 aliphatic heterocycles. The number of ether oxygens (including phenoxy) is 2. The van der Waals surface area contributed by atoms with Gasteiger partial charge in [-0.1, -0.05) is 0 Å². The summed E-state index contributed by atoms with van der Waals surface area (Å²) in [6, 6.07) is 0. The van der Waals surface area contributed by atoms with Crippen LogP contribution in [0, 0.1) is 5.92 Å². The highest BCUT2D eigenvalue weighted by molar-refractivity contribution is 5.85. The Morgan fingerprint density at radius 3 is 2.89 bits per heavy atom. The first kappa shape index (κ1) is 16.2. The van der Waals surface area contributed by atoms with Crippen molar-refractivity contribution in [2.45, 2.75) is 25.4 Å². The third kappa shape index (κ3) is 5.41. The molecule has 0 aliphatic carbocycles. The fraction of sp³-hybridized carbons (Fsp3) is 1.00. The van der Waals surface area contributed by atoms with Crippen molar-refractivity contribution in [2.75, 3.05) is 53.0 Å². The molecule has 108 valence electrons. The fourth-order valence-corrected chi connectivity index (χ4v) is 2.84. The van der Waals surface area contributed by atoms with E-state index in [4.69, 9.17) is 9.47 Å². The molecule has 0 aromatic rings. The van der Waals surface area contributed by atoms with Crippen molar-refractivity contribution < 1.29 is 9.47 Å². The molecule has 0 amide bonds. The number of likely N-dealkylation sites (tertiary alicyclic amines) is 1. The maximum absolute atomic E-state index is 5.78. The molecule has 2 heterocycles. The lowest BCUT2D eigenvalue weighted by atomic mass is 9.99. The average Bonchev–Trinajstić information content (AvgIpc) is 2.79. The largest absolute Gasteiger partial charge is 0.382 e. The molecule has 0 aromatic carbocycles. The molecular weight excluding hydrogens is 252 g/mol. The Balaban J connectivity index is 0.00000162. The predicted octanol–water partition coefficient (Wildman–Crippen LogP) is 1.15. The van der Waals surface area contributed by atoms with E-state index >= 15 is 0 Å². The summed E-state index contributed by atoms with van der Waals surface area (Å²) in [7, 11) is 1.72. The smallest absolute Gasteiger partial charge is 0.0715 e. The Morgan fingerprint density at radius 1 is 1.28 bits per heavy atom. The zero-order valence-corrected chi connectivity index (χ0v) is 12.2. The molecule has 5 heteroatoms. The molecule has 0 spiro atoms. The molecule has 2 unspecified atom stereocenters. The first-order chi connectivity index (χ1) is 8.38. The Hall–Kier alpha value is 0.130. The lowest BCUT2D eigenvalue weighted by Gasteiger charge is -2.27. The van der Waals surface area contributed by atoms with Crippen molar-refractivity contribution in [3.05, 3.63) is 0 Å². The number of halogens is 1. The van der Waals surface area contributed by atoms with Crippen LogP contribution in [0.4, 0.5) is 0 Å². The van der Waals surface area contributed by atoms with Gasteiger partial charge < -0.3 is 19.7 Å². The molecule has 0 radical (unpaired) electrons. The van der Waals surface area contributed by atoms with E-state index in [-0.39, 0.29) is 12.4 Å². The average molecular weight is 279 g/mol. The van der Waals surface area contributed by atoms with Gasteiger partial charge in [0, 0.05) is 26.7 Å². The number of methoxy groups -OCH3 is 1. The first-order valence-electron chi connectivity index (χ1n) is 6.92. The highest BCUT2D eigenvalue weighted by atomic mass is 35.5. The van der Waals surface area contributed by atoms with Crippen molar-refractivity contribution >= 4 is 12.4 Å². The van der Waals surface area contributed by atoms with Crippen LogP contribution in [0.25, 0.3) is 0 Å². The summed E-state index contributed by atoms with van der Waals surface area (Å²) in [6.07, 6.45) is 4.34. The molecule has 0 bridgehead atoms. The van der Waals surface area contributed by atoms with Crippen LogP contribution in [0.5, 0.6) is 0 Å². The number of hydrogen-bond donors (Lipinski definition) is 1. The summed E-state index contributed by atoms with van der Waals surface area (Å²) >= 11 is 0. The van der Waals surface area contributed by atoms with Gasteiger partial charge in [-0.05, 0) is 38.3 Å². The van der Waals surface area contributed by atoms with Crippen LogP contribution in [0.1, 0.15) is 19.3 Å². The maximum Gasteiger partial charge on any atom is 0.0715 e. The summed E-state index contributed by atoms with van der Waals surface area (Å²) in [5, 5.41) is 3.49. The van der Waals surface area contributed by atoms with Gasteiger partial charge in [0.25, 0.3) is 0 Å². The minimum absolute atomic E-state index is 0. The van der Waals surface area contributed by atoms with Gasteiger partial charge in [-0.2, -0.15) is 0 Å². The second-order valence-corrected chi connectivity index (χ2v) is 5.25. The first-order valence-corrected chi connectivity index (χ1v) is 6.92. The third-order valence-electron chi connectivity index (χ3n) is 3.79. The zero-order valence-electron chi connectivity index (χ0n) is 11.4. The Bertz CT molecular complexity index is 213. The second-order valence-electron chi connectivity index (χ2n) is 5.25. The van der Waals surface area contributed by atoms with Crippen LogP contribution in [0.2, 0.25) is 0 Å². The van der Waals surface area contributed by atoms with E-state index in [9.17, 15) is 0 Å². The molecule has 18 heavy (non-hydrogen) atoms. The molecule has 2 saturated heterocycles. The summed E-state index contributed by atoms with van der Waals surface area (Å²) in [4.78, 5) is 2.56. The summed E-state index contributed by atoms with van der Waals surface area (Å²) < 4.78 is 10.8. The van der Waals surface area contributed by atoms with E-state index in [1.54, 1.807) is 7.11 Å². The highest BCUT2D eigenvalue weighted by Gasteiger charge is 2.25. The summed E-state index contributed by atoms with van der Waals surface area (Å²) in [5.41, 5.74) is 0. The van der Waals surface area contributed by atoms with E-state index in [1.807, 2.05) is 0 Å². The van der Waals surface area contributed by atoms with Gasteiger partial charge in [0.05, 0.1) is 19.3 Å². The van der Waals surface area contributed by atoms with Crippen LogP contribution in [0.3, 0.4) is 0 Å². The molecule has 1 N–H and O–H groups in total. The van der Waals surface area contributed by atoms with Crippen LogP contribution in [-0.4, -0.2) is 64.1 Å². The zero-order chi connectivity index (χ0) is 11.9. The molecule has 2 aliphatic rings. The fourth-order valence-electron chi connectivity index (χ4n) is 2.84. The van der Waals surface area contributed by atoms with Gasteiger partial charge in [0.15, 0.2) is 0 Å². The number of hydrogen-bond acceptors (Lipinski definition) is 4. The number of nitrogens with zero attached hydrogens (tertiary/aromatic N) is 1. The van der Waals surface area contributed by atoms with E-state index in [2.05, 4.69) is 10.2 Å². The number of rotatable bonds is 6. The molecular formula is C13H27ClN2O2. The standard InChI is InChI=1S/C13H26N2O2.ClH/c1-16-7-8-17-13-4-6-15(11-13)10-12-3-2-5-14-9-12;/h12-14H,2-11H2,1H3;1H. The van der Waals surface area contributed by atoms with E-state index in [0.29, 0.717) is 12.7 Å². The van der Waals surface area contributed by atoms with E-state index < -0.39 is 0 Å². The number of nitrogens with one attached hydrogen (secondary N) is 1. The topological polar surface area (TPSA) is 33.7 Å². The quantitative estimate of drug-likeness (QED) is 0.739. The molecule has 0 aromatic heterocycles. The van der Waals surface area contributed by atoms with Gasteiger partial charge in [0.1, 0.15) is 0 Å². The van der Waals surface area contributed by atoms with Crippen LogP contribution in [-0.2, 0) is 9.47 Å².